The van der Waals surface area contributed by atoms with Crippen molar-refractivity contribution < 1.29 is 9.69 Å². The molecule has 0 saturated carbocycles. The van der Waals surface area contributed by atoms with E-state index in [4.69, 9.17) is 34.8 Å². The summed E-state index contributed by atoms with van der Waals surface area (Å²) in [5, 5.41) is 4.50. The van der Waals surface area contributed by atoms with Crippen molar-refractivity contribution in [3.05, 3.63) is 63.1 Å². The van der Waals surface area contributed by atoms with Crippen molar-refractivity contribution in [1.82, 2.24) is 0 Å². The summed E-state index contributed by atoms with van der Waals surface area (Å²) < 4.78 is 0. The predicted molar refractivity (Wildman–Crippen MR) is 96.6 cm³/mol. The Bertz CT molecular complexity index is 706. The molecule has 2 rings (SSSR count). The zero-order valence-corrected chi connectivity index (χ0v) is 15.1. The molecular formula is C17H18Cl3N2O+. The molecule has 1 unspecified atom stereocenters. The molecule has 3 nitrogen and oxygen atoms in total. The Hall–Kier alpha value is -1.26. The zero-order valence-electron chi connectivity index (χ0n) is 12.9. The van der Waals surface area contributed by atoms with Crippen LogP contribution in [0.15, 0.2) is 42.5 Å². The van der Waals surface area contributed by atoms with Gasteiger partial charge in [0, 0.05) is 15.6 Å². The number of quaternary nitrogens is 1. The number of halogens is 3. The number of hydrogen-bond donors (Lipinski definition) is 2. The third-order valence-corrected chi connectivity index (χ3v) is 4.49. The standard InChI is InChI=1S/C17H17Cl3N2O/c1-11(22(2)10-12-4-3-5-13(18)8-12)17(23)21-16-9-14(19)6-7-15(16)20/h3-9,11H,10H2,1-2H3,(H,21,23)/p+1/t11-/m0/s1. The fraction of sp³-hybridized carbons (Fsp3) is 0.235. The van der Waals surface area contributed by atoms with Crippen LogP contribution in [0.2, 0.25) is 15.1 Å². The van der Waals surface area contributed by atoms with Crippen LogP contribution < -0.4 is 10.2 Å². The van der Waals surface area contributed by atoms with Gasteiger partial charge in [0.05, 0.1) is 17.8 Å². The Morgan fingerprint density at radius 3 is 2.52 bits per heavy atom. The average molecular weight is 373 g/mol. The highest BCUT2D eigenvalue weighted by atomic mass is 35.5. The topological polar surface area (TPSA) is 33.5 Å². The van der Waals surface area contributed by atoms with Crippen molar-refractivity contribution in [3.8, 4) is 0 Å². The second-order valence-corrected chi connectivity index (χ2v) is 6.77. The van der Waals surface area contributed by atoms with Gasteiger partial charge in [0.2, 0.25) is 0 Å². The molecule has 2 aromatic rings. The first-order valence-electron chi connectivity index (χ1n) is 7.19. The molecule has 0 aliphatic carbocycles. The van der Waals surface area contributed by atoms with Gasteiger partial charge in [-0.05, 0) is 37.3 Å². The van der Waals surface area contributed by atoms with Crippen LogP contribution in [0.1, 0.15) is 12.5 Å². The Kier molecular flexibility index (Phi) is 6.31. The largest absolute Gasteiger partial charge is 0.324 e. The number of likely N-dealkylation sites (N-methyl/N-ethyl adjacent to an activating group) is 1. The van der Waals surface area contributed by atoms with Crippen molar-refractivity contribution >= 4 is 46.4 Å². The van der Waals surface area contributed by atoms with Crippen LogP contribution >= 0.6 is 34.8 Å². The number of carbonyl (C=O) groups excluding carboxylic acids is 1. The van der Waals surface area contributed by atoms with Crippen LogP contribution in [0.3, 0.4) is 0 Å². The maximum Gasteiger partial charge on any atom is 0.282 e. The van der Waals surface area contributed by atoms with Crippen LogP contribution in [-0.2, 0) is 11.3 Å². The molecule has 0 aromatic heterocycles. The first-order chi connectivity index (χ1) is 10.9. The van der Waals surface area contributed by atoms with Gasteiger partial charge in [0.1, 0.15) is 6.54 Å². The molecule has 122 valence electrons. The minimum Gasteiger partial charge on any atom is -0.324 e. The van der Waals surface area contributed by atoms with Crippen LogP contribution in [0.4, 0.5) is 5.69 Å². The second kappa shape index (κ2) is 8.02. The van der Waals surface area contributed by atoms with E-state index in [9.17, 15) is 4.79 Å². The monoisotopic (exact) mass is 371 g/mol. The van der Waals surface area contributed by atoms with Gasteiger partial charge in [-0.2, -0.15) is 0 Å². The summed E-state index contributed by atoms with van der Waals surface area (Å²) in [5.74, 6) is -0.117. The molecule has 2 aromatic carbocycles. The molecule has 0 saturated heterocycles. The van der Waals surface area contributed by atoms with Crippen molar-refractivity contribution in [1.29, 1.82) is 0 Å². The zero-order chi connectivity index (χ0) is 17.0. The number of hydrogen-bond acceptors (Lipinski definition) is 1. The highest BCUT2D eigenvalue weighted by molar-refractivity contribution is 6.35. The molecule has 2 N–H and O–H groups in total. The molecule has 0 bridgehead atoms. The second-order valence-electron chi connectivity index (χ2n) is 5.49. The maximum atomic E-state index is 12.4. The SMILES string of the molecule is C[C@@H](C(=O)Nc1cc(Cl)ccc1Cl)[NH+](C)Cc1cccc(Cl)c1. The summed E-state index contributed by atoms with van der Waals surface area (Å²) in [6, 6.07) is 12.4. The fourth-order valence-corrected chi connectivity index (χ4v) is 2.73. The average Bonchev–Trinajstić information content (AvgIpc) is 2.50. The number of amides is 1. The summed E-state index contributed by atoms with van der Waals surface area (Å²) in [6.45, 7) is 2.56. The first-order valence-corrected chi connectivity index (χ1v) is 8.33. The van der Waals surface area contributed by atoms with Gasteiger partial charge < -0.3 is 10.2 Å². The minimum absolute atomic E-state index is 0.117. The van der Waals surface area contributed by atoms with Gasteiger partial charge >= 0.3 is 0 Å². The Balaban J connectivity index is 2.02. The van der Waals surface area contributed by atoms with E-state index >= 15 is 0 Å². The molecule has 1 amide bonds. The lowest BCUT2D eigenvalue weighted by Crippen LogP contribution is -3.12. The minimum atomic E-state index is -0.260. The van der Waals surface area contributed by atoms with Gasteiger partial charge in [0.15, 0.2) is 6.04 Å². The van der Waals surface area contributed by atoms with Crippen molar-refractivity contribution in [2.75, 3.05) is 12.4 Å². The molecule has 0 spiro atoms. The quantitative estimate of drug-likeness (QED) is 0.824. The number of anilines is 1. The van der Waals surface area contributed by atoms with Gasteiger partial charge in [-0.25, -0.2) is 0 Å². The lowest BCUT2D eigenvalue weighted by Gasteiger charge is -2.21. The first kappa shape index (κ1) is 18.1. The number of carbonyl (C=O) groups is 1. The summed E-state index contributed by atoms with van der Waals surface area (Å²) >= 11 is 18.0. The van der Waals surface area contributed by atoms with E-state index in [2.05, 4.69) is 5.32 Å². The molecule has 0 aliphatic rings. The molecule has 6 heteroatoms. The Morgan fingerprint density at radius 1 is 1.13 bits per heavy atom. The van der Waals surface area contributed by atoms with E-state index in [0.717, 1.165) is 10.5 Å². The van der Waals surface area contributed by atoms with E-state index in [-0.39, 0.29) is 11.9 Å². The molecule has 2 atom stereocenters. The molecular weight excluding hydrogens is 355 g/mol. The summed E-state index contributed by atoms with van der Waals surface area (Å²) in [7, 11) is 1.96. The fourth-order valence-electron chi connectivity index (χ4n) is 2.18. The van der Waals surface area contributed by atoms with E-state index in [1.54, 1.807) is 18.2 Å². The van der Waals surface area contributed by atoms with E-state index in [1.807, 2.05) is 38.2 Å². The number of rotatable bonds is 5. The van der Waals surface area contributed by atoms with Crippen molar-refractivity contribution in [2.24, 2.45) is 0 Å². The smallest absolute Gasteiger partial charge is 0.282 e. The van der Waals surface area contributed by atoms with Crippen LogP contribution in [-0.4, -0.2) is 19.0 Å². The molecule has 0 fully saturated rings. The Labute approximate surface area is 151 Å². The molecule has 0 radical (unpaired) electrons. The van der Waals surface area contributed by atoms with E-state index < -0.39 is 0 Å². The van der Waals surface area contributed by atoms with Crippen molar-refractivity contribution in [2.45, 2.75) is 19.5 Å². The molecule has 0 aliphatic heterocycles. The van der Waals surface area contributed by atoms with Gasteiger partial charge in [-0.3, -0.25) is 4.79 Å². The van der Waals surface area contributed by atoms with Gasteiger partial charge in [-0.1, -0.05) is 46.9 Å². The van der Waals surface area contributed by atoms with Gasteiger partial charge in [0.25, 0.3) is 5.91 Å². The van der Waals surface area contributed by atoms with E-state index in [0.29, 0.717) is 27.3 Å². The third kappa shape index (κ3) is 5.11. The summed E-state index contributed by atoms with van der Waals surface area (Å²) in [6.07, 6.45) is 0. The normalized spacial score (nSPS) is 13.4. The molecule has 0 heterocycles. The maximum absolute atomic E-state index is 12.4. The van der Waals surface area contributed by atoms with Crippen LogP contribution in [0, 0.1) is 0 Å². The predicted octanol–water partition coefficient (Wildman–Crippen LogP) is 3.69. The summed E-state index contributed by atoms with van der Waals surface area (Å²) in [5.41, 5.74) is 1.60. The van der Waals surface area contributed by atoms with Crippen LogP contribution in [0.25, 0.3) is 0 Å². The number of benzene rings is 2. The molecule has 23 heavy (non-hydrogen) atoms. The third-order valence-electron chi connectivity index (χ3n) is 3.69. The van der Waals surface area contributed by atoms with Crippen LogP contribution in [0.5, 0.6) is 0 Å². The highest BCUT2D eigenvalue weighted by Gasteiger charge is 2.22. The number of nitrogens with one attached hydrogen (secondary N) is 2. The lowest BCUT2D eigenvalue weighted by atomic mass is 10.2. The van der Waals surface area contributed by atoms with Gasteiger partial charge in [-0.15, -0.1) is 0 Å². The Morgan fingerprint density at radius 2 is 1.83 bits per heavy atom. The van der Waals surface area contributed by atoms with E-state index in [1.165, 1.54) is 0 Å². The van der Waals surface area contributed by atoms with Crippen molar-refractivity contribution in [3.63, 3.8) is 0 Å². The lowest BCUT2D eigenvalue weighted by molar-refractivity contribution is -0.907. The summed E-state index contributed by atoms with van der Waals surface area (Å²) in [4.78, 5) is 13.5. The highest BCUT2D eigenvalue weighted by Crippen LogP contribution is 2.25.